The molecule has 6 heteroatoms. The van der Waals surface area contributed by atoms with Crippen LogP contribution in [0.15, 0.2) is 12.1 Å². The third kappa shape index (κ3) is 5.13. The summed E-state index contributed by atoms with van der Waals surface area (Å²) >= 11 is 0. The van der Waals surface area contributed by atoms with E-state index in [1.54, 1.807) is 19.2 Å². The second-order valence-corrected chi connectivity index (χ2v) is 5.01. The number of hydrogen-bond acceptors (Lipinski definition) is 5. The monoisotopic (exact) mass is 280 g/mol. The van der Waals surface area contributed by atoms with Crippen LogP contribution < -0.4 is 10.6 Å². The molecule has 0 saturated carbocycles. The fourth-order valence-electron chi connectivity index (χ4n) is 1.62. The van der Waals surface area contributed by atoms with Gasteiger partial charge in [0, 0.05) is 13.7 Å². The van der Waals surface area contributed by atoms with Crippen molar-refractivity contribution in [1.82, 2.24) is 15.5 Å². The molecular formula is C14H24N4O2. The lowest BCUT2D eigenvalue weighted by atomic mass is 10.1. The van der Waals surface area contributed by atoms with E-state index in [2.05, 4.69) is 27.8 Å². The van der Waals surface area contributed by atoms with Crippen LogP contribution in [0.2, 0.25) is 0 Å². The molecule has 6 nitrogen and oxygen atoms in total. The summed E-state index contributed by atoms with van der Waals surface area (Å²) < 4.78 is 5.10. The van der Waals surface area contributed by atoms with Crippen LogP contribution in [0.3, 0.4) is 0 Å². The topological polar surface area (TPSA) is 76.1 Å². The highest BCUT2D eigenvalue weighted by molar-refractivity contribution is 5.92. The number of carbonyl (C=O) groups is 1. The Bertz CT molecular complexity index is 406. The Morgan fingerprint density at radius 2 is 2.10 bits per heavy atom. The van der Waals surface area contributed by atoms with E-state index >= 15 is 0 Å². The molecule has 112 valence electrons. The van der Waals surface area contributed by atoms with Crippen molar-refractivity contribution in [1.29, 1.82) is 0 Å². The molecule has 0 aliphatic heterocycles. The predicted molar refractivity (Wildman–Crippen MR) is 78.8 cm³/mol. The van der Waals surface area contributed by atoms with Gasteiger partial charge in [-0.1, -0.05) is 20.8 Å². The highest BCUT2D eigenvalue weighted by Crippen LogP contribution is 2.05. The molecule has 1 atom stereocenters. The summed E-state index contributed by atoms with van der Waals surface area (Å²) in [6, 6.07) is 3.40. The molecule has 0 saturated heterocycles. The largest absolute Gasteiger partial charge is 0.383 e. The molecule has 0 radical (unpaired) electrons. The molecule has 1 rings (SSSR count). The van der Waals surface area contributed by atoms with E-state index in [-0.39, 0.29) is 17.9 Å². The molecule has 20 heavy (non-hydrogen) atoms. The third-order valence-electron chi connectivity index (χ3n) is 2.92. The zero-order valence-corrected chi connectivity index (χ0v) is 12.6. The highest BCUT2D eigenvalue weighted by atomic mass is 16.5. The molecule has 1 heterocycles. The minimum Gasteiger partial charge on any atom is -0.383 e. The predicted octanol–water partition coefficient (Wildman–Crippen LogP) is 1.70. The first kappa shape index (κ1) is 16.4. The first-order chi connectivity index (χ1) is 9.58. The minimum absolute atomic E-state index is 0.0350. The SMILES string of the molecule is CCCNc1ccc(C(=O)NC(COC)C(C)C)nn1. The highest BCUT2D eigenvalue weighted by Gasteiger charge is 2.18. The number of amides is 1. The molecule has 1 aromatic rings. The molecule has 1 unspecified atom stereocenters. The number of methoxy groups -OCH3 is 1. The first-order valence-electron chi connectivity index (χ1n) is 6.95. The van der Waals surface area contributed by atoms with E-state index in [4.69, 9.17) is 4.74 Å². The van der Waals surface area contributed by atoms with Crippen molar-refractivity contribution < 1.29 is 9.53 Å². The second kappa shape index (κ2) is 8.47. The standard InChI is InChI=1S/C14H24N4O2/c1-5-8-15-13-7-6-11(17-18-13)14(19)16-12(9-20-4)10(2)3/h6-7,10,12H,5,8-9H2,1-4H3,(H,15,18)(H,16,19). The zero-order chi connectivity index (χ0) is 15.0. The van der Waals surface area contributed by atoms with Gasteiger partial charge in [-0.2, -0.15) is 0 Å². The van der Waals surface area contributed by atoms with Crippen LogP contribution in [0, 0.1) is 5.92 Å². The average Bonchev–Trinajstić information content (AvgIpc) is 2.45. The van der Waals surface area contributed by atoms with Crippen LogP contribution in [0.1, 0.15) is 37.7 Å². The fraction of sp³-hybridized carbons (Fsp3) is 0.643. The van der Waals surface area contributed by atoms with Crippen molar-refractivity contribution in [3.8, 4) is 0 Å². The first-order valence-corrected chi connectivity index (χ1v) is 6.95. The van der Waals surface area contributed by atoms with E-state index in [0.29, 0.717) is 18.1 Å². The van der Waals surface area contributed by atoms with Crippen LogP contribution in [-0.2, 0) is 4.74 Å². The van der Waals surface area contributed by atoms with Crippen LogP contribution in [0.5, 0.6) is 0 Å². The Morgan fingerprint density at radius 1 is 1.35 bits per heavy atom. The number of nitrogens with zero attached hydrogens (tertiary/aromatic N) is 2. The minimum atomic E-state index is -0.227. The van der Waals surface area contributed by atoms with E-state index in [1.165, 1.54) is 0 Å². The number of hydrogen-bond donors (Lipinski definition) is 2. The van der Waals surface area contributed by atoms with Crippen LogP contribution >= 0.6 is 0 Å². The van der Waals surface area contributed by atoms with Crippen LogP contribution in [0.25, 0.3) is 0 Å². The molecule has 0 fully saturated rings. The fourth-order valence-corrected chi connectivity index (χ4v) is 1.62. The molecule has 2 N–H and O–H groups in total. The maximum atomic E-state index is 12.1. The van der Waals surface area contributed by atoms with Gasteiger partial charge in [0.05, 0.1) is 12.6 Å². The summed E-state index contributed by atoms with van der Waals surface area (Å²) in [6.07, 6.45) is 1.01. The van der Waals surface area contributed by atoms with Gasteiger partial charge in [-0.15, -0.1) is 10.2 Å². The van der Waals surface area contributed by atoms with Gasteiger partial charge in [0.15, 0.2) is 5.69 Å². The lowest BCUT2D eigenvalue weighted by Gasteiger charge is -2.21. The van der Waals surface area contributed by atoms with E-state index in [9.17, 15) is 4.79 Å². The summed E-state index contributed by atoms with van der Waals surface area (Å²) in [5.41, 5.74) is 0.314. The van der Waals surface area contributed by atoms with Crippen molar-refractivity contribution in [2.45, 2.75) is 33.2 Å². The van der Waals surface area contributed by atoms with Crippen LogP contribution in [0.4, 0.5) is 5.82 Å². The smallest absolute Gasteiger partial charge is 0.272 e. The van der Waals surface area contributed by atoms with E-state index < -0.39 is 0 Å². The molecule has 0 aliphatic rings. The van der Waals surface area contributed by atoms with Crippen LogP contribution in [-0.4, -0.2) is 42.4 Å². The van der Waals surface area contributed by atoms with Gasteiger partial charge in [0.25, 0.3) is 5.91 Å². The molecule has 1 amide bonds. The summed E-state index contributed by atoms with van der Waals surface area (Å²) in [4.78, 5) is 12.1. The summed E-state index contributed by atoms with van der Waals surface area (Å²) in [7, 11) is 1.62. The Labute approximate surface area is 120 Å². The van der Waals surface area contributed by atoms with Gasteiger partial charge < -0.3 is 15.4 Å². The number of ether oxygens (including phenoxy) is 1. The van der Waals surface area contributed by atoms with Gasteiger partial charge in [0.2, 0.25) is 0 Å². The normalized spacial score (nSPS) is 12.2. The summed E-state index contributed by atoms with van der Waals surface area (Å²) in [5, 5.41) is 13.9. The number of carbonyl (C=O) groups excluding carboxylic acids is 1. The molecule has 0 spiro atoms. The molecular weight excluding hydrogens is 256 g/mol. The second-order valence-electron chi connectivity index (χ2n) is 5.01. The van der Waals surface area contributed by atoms with Crippen molar-refractivity contribution in [2.75, 3.05) is 25.6 Å². The Morgan fingerprint density at radius 3 is 2.60 bits per heavy atom. The Hall–Kier alpha value is -1.69. The molecule has 0 bridgehead atoms. The maximum absolute atomic E-state index is 12.1. The van der Waals surface area contributed by atoms with Crippen molar-refractivity contribution >= 4 is 11.7 Å². The number of aromatic nitrogens is 2. The van der Waals surface area contributed by atoms with Gasteiger partial charge in [-0.25, -0.2) is 0 Å². The Balaban J connectivity index is 2.62. The van der Waals surface area contributed by atoms with Gasteiger partial charge in [-0.05, 0) is 24.5 Å². The molecule has 1 aromatic heterocycles. The third-order valence-corrected chi connectivity index (χ3v) is 2.92. The lowest BCUT2D eigenvalue weighted by Crippen LogP contribution is -2.42. The summed E-state index contributed by atoms with van der Waals surface area (Å²) in [6.45, 7) is 7.46. The number of rotatable bonds is 8. The van der Waals surface area contributed by atoms with Gasteiger partial charge in [0.1, 0.15) is 5.82 Å². The maximum Gasteiger partial charge on any atom is 0.272 e. The van der Waals surface area contributed by atoms with Crippen molar-refractivity contribution in [2.24, 2.45) is 5.92 Å². The van der Waals surface area contributed by atoms with E-state index in [1.807, 2.05) is 13.8 Å². The molecule has 0 aliphatic carbocycles. The zero-order valence-electron chi connectivity index (χ0n) is 12.6. The molecule has 0 aromatic carbocycles. The van der Waals surface area contributed by atoms with Gasteiger partial charge in [-0.3, -0.25) is 4.79 Å². The summed E-state index contributed by atoms with van der Waals surface area (Å²) in [5.74, 6) is 0.744. The quantitative estimate of drug-likeness (QED) is 0.758. The number of anilines is 1. The van der Waals surface area contributed by atoms with Crippen molar-refractivity contribution in [3.05, 3.63) is 17.8 Å². The average molecular weight is 280 g/mol. The van der Waals surface area contributed by atoms with Gasteiger partial charge >= 0.3 is 0 Å². The van der Waals surface area contributed by atoms with E-state index in [0.717, 1.165) is 13.0 Å². The Kier molecular flexibility index (Phi) is 6.93. The lowest BCUT2D eigenvalue weighted by molar-refractivity contribution is 0.0861. The van der Waals surface area contributed by atoms with Crippen molar-refractivity contribution in [3.63, 3.8) is 0 Å². The number of nitrogens with one attached hydrogen (secondary N) is 2.